The Morgan fingerprint density at radius 3 is 1.60 bits per heavy atom. The second kappa shape index (κ2) is 6.67. The molecule has 0 radical (unpaired) electrons. The SMILES string of the molecule is CC(C)C1=CCC(C(c2ccccc2)(c2ccccc2)C(C)(C)C)=C1. The summed E-state index contributed by atoms with van der Waals surface area (Å²) in [5, 5.41) is 0. The van der Waals surface area contributed by atoms with Crippen molar-refractivity contribution in [3.63, 3.8) is 0 Å². The molecule has 0 atom stereocenters. The van der Waals surface area contributed by atoms with Crippen LogP contribution in [0.1, 0.15) is 52.2 Å². The molecule has 0 saturated heterocycles. The van der Waals surface area contributed by atoms with Crippen molar-refractivity contribution in [1.29, 1.82) is 0 Å². The van der Waals surface area contributed by atoms with Crippen LogP contribution in [0.2, 0.25) is 0 Å². The van der Waals surface area contributed by atoms with Crippen molar-refractivity contribution in [3.05, 3.63) is 95.1 Å². The molecule has 2 aromatic rings. The lowest BCUT2D eigenvalue weighted by atomic mass is 9.55. The van der Waals surface area contributed by atoms with E-state index in [9.17, 15) is 0 Å². The van der Waals surface area contributed by atoms with Crippen LogP contribution in [0.3, 0.4) is 0 Å². The van der Waals surface area contributed by atoms with E-state index in [0.29, 0.717) is 5.92 Å². The van der Waals surface area contributed by atoms with Crippen molar-refractivity contribution < 1.29 is 0 Å². The largest absolute Gasteiger partial charge is 0.0769 e. The van der Waals surface area contributed by atoms with Crippen molar-refractivity contribution >= 4 is 0 Å². The molecule has 0 N–H and O–H groups in total. The Kier molecular flexibility index (Phi) is 4.73. The van der Waals surface area contributed by atoms with Crippen molar-refractivity contribution in [3.8, 4) is 0 Å². The summed E-state index contributed by atoms with van der Waals surface area (Å²) in [5.41, 5.74) is 5.69. The summed E-state index contributed by atoms with van der Waals surface area (Å²) in [4.78, 5) is 0. The lowest BCUT2D eigenvalue weighted by molar-refractivity contribution is 0.265. The molecule has 3 rings (SSSR count). The molecule has 1 aliphatic carbocycles. The molecule has 130 valence electrons. The molecule has 0 amide bonds. The summed E-state index contributed by atoms with van der Waals surface area (Å²) in [6.45, 7) is 11.7. The van der Waals surface area contributed by atoms with Gasteiger partial charge in [0, 0.05) is 5.41 Å². The molecule has 0 unspecified atom stereocenters. The monoisotopic (exact) mass is 330 g/mol. The normalized spacial score (nSPS) is 15.3. The number of benzene rings is 2. The van der Waals surface area contributed by atoms with Crippen LogP contribution in [-0.2, 0) is 5.41 Å². The quantitative estimate of drug-likeness (QED) is 0.570. The van der Waals surface area contributed by atoms with Gasteiger partial charge >= 0.3 is 0 Å². The maximum atomic E-state index is 2.47. The van der Waals surface area contributed by atoms with Gasteiger partial charge < -0.3 is 0 Å². The Morgan fingerprint density at radius 2 is 1.24 bits per heavy atom. The highest BCUT2D eigenvalue weighted by atomic mass is 14.5. The van der Waals surface area contributed by atoms with Crippen LogP contribution >= 0.6 is 0 Å². The molecule has 0 heterocycles. The van der Waals surface area contributed by atoms with Gasteiger partial charge in [0.05, 0.1) is 0 Å². The van der Waals surface area contributed by atoms with Gasteiger partial charge in [0.2, 0.25) is 0 Å². The Labute approximate surface area is 153 Å². The van der Waals surface area contributed by atoms with E-state index in [-0.39, 0.29) is 10.8 Å². The van der Waals surface area contributed by atoms with E-state index >= 15 is 0 Å². The molecule has 0 heteroatoms. The van der Waals surface area contributed by atoms with E-state index in [2.05, 4.69) is 107 Å². The van der Waals surface area contributed by atoms with Crippen LogP contribution < -0.4 is 0 Å². The Bertz CT molecular complexity index is 728. The molecule has 0 fully saturated rings. The van der Waals surface area contributed by atoms with Crippen molar-refractivity contribution in [2.75, 3.05) is 0 Å². The third-order valence-corrected chi connectivity index (χ3v) is 5.59. The van der Waals surface area contributed by atoms with E-state index in [0.717, 1.165) is 6.42 Å². The van der Waals surface area contributed by atoms with E-state index in [1.807, 2.05) is 0 Å². The average Bonchev–Trinajstić information content (AvgIpc) is 3.07. The maximum Gasteiger partial charge on any atom is 0.0465 e. The van der Waals surface area contributed by atoms with Gasteiger partial charge in [-0.15, -0.1) is 0 Å². The Morgan fingerprint density at radius 1 is 0.760 bits per heavy atom. The standard InChI is InChI=1S/C25H30/c1-19(2)20-16-17-23(18-20)25(24(3,4)5,21-12-8-6-9-13-21)22-14-10-7-11-15-22/h6-16,18-19H,17H2,1-5H3. The van der Waals surface area contributed by atoms with Crippen LogP contribution in [0, 0.1) is 11.3 Å². The molecule has 25 heavy (non-hydrogen) atoms. The molecule has 1 aliphatic rings. The minimum atomic E-state index is -0.122. The Balaban J connectivity index is 2.30. The lowest BCUT2D eigenvalue weighted by Crippen LogP contribution is -2.43. The third kappa shape index (κ3) is 2.99. The molecule has 2 aromatic carbocycles. The first-order valence-corrected chi connectivity index (χ1v) is 9.39. The van der Waals surface area contributed by atoms with Crippen LogP contribution in [0.25, 0.3) is 0 Å². The number of allylic oxidation sites excluding steroid dienone is 4. The smallest absolute Gasteiger partial charge is 0.0465 e. The molecular weight excluding hydrogens is 300 g/mol. The second-order valence-corrected chi connectivity index (χ2v) is 8.46. The summed E-state index contributed by atoms with van der Waals surface area (Å²) in [6, 6.07) is 22.1. The first-order valence-electron chi connectivity index (χ1n) is 9.39. The lowest BCUT2D eigenvalue weighted by Gasteiger charge is -2.47. The highest BCUT2D eigenvalue weighted by molar-refractivity contribution is 5.55. The van der Waals surface area contributed by atoms with Crippen LogP contribution in [0.4, 0.5) is 0 Å². The topological polar surface area (TPSA) is 0 Å². The first kappa shape index (κ1) is 17.7. The number of hydrogen-bond acceptors (Lipinski definition) is 0. The molecular formula is C25H30. The summed E-state index contributed by atoms with van der Waals surface area (Å²) < 4.78 is 0. The van der Waals surface area contributed by atoms with Crippen molar-refractivity contribution in [2.45, 2.75) is 46.5 Å². The zero-order valence-corrected chi connectivity index (χ0v) is 16.2. The Hall–Kier alpha value is -2.08. The van der Waals surface area contributed by atoms with Gasteiger partial charge in [-0.05, 0) is 34.5 Å². The van der Waals surface area contributed by atoms with E-state index < -0.39 is 0 Å². The van der Waals surface area contributed by atoms with Gasteiger partial charge in [-0.1, -0.05) is 113 Å². The summed E-state index contributed by atoms with van der Waals surface area (Å²) in [5.74, 6) is 0.571. The molecule has 0 aliphatic heterocycles. The summed E-state index contributed by atoms with van der Waals surface area (Å²) in [6.07, 6.45) is 5.93. The zero-order valence-electron chi connectivity index (χ0n) is 16.2. The molecule has 0 spiro atoms. The molecule has 0 aromatic heterocycles. The fourth-order valence-corrected chi connectivity index (χ4v) is 4.47. The van der Waals surface area contributed by atoms with Gasteiger partial charge in [-0.25, -0.2) is 0 Å². The number of rotatable bonds is 4. The zero-order chi connectivity index (χ0) is 18.1. The minimum Gasteiger partial charge on any atom is -0.0769 e. The molecule has 0 bridgehead atoms. The predicted octanol–water partition coefficient (Wildman–Crippen LogP) is 6.93. The highest BCUT2D eigenvalue weighted by Gasteiger charge is 2.47. The average molecular weight is 331 g/mol. The van der Waals surface area contributed by atoms with Crippen molar-refractivity contribution in [1.82, 2.24) is 0 Å². The van der Waals surface area contributed by atoms with Gasteiger partial charge in [-0.3, -0.25) is 0 Å². The third-order valence-electron chi connectivity index (χ3n) is 5.59. The maximum absolute atomic E-state index is 2.47. The fourth-order valence-electron chi connectivity index (χ4n) is 4.47. The van der Waals surface area contributed by atoms with E-state index in [4.69, 9.17) is 0 Å². The van der Waals surface area contributed by atoms with E-state index in [1.165, 1.54) is 22.3 Å². The number of hydrogen-bond donors (Lipinski definition) is 0. The molecule has 0 nitrogen and oxygen atoms in total. The summed E-state index contributed by atoms with van der Waals surface area (Å²) in [7, 11) is 0. The minimum absolute atomic E-state index is 0.0574. The van der Waals surface area contributed by atoms with Gasteiger partial charge in [-0.2, -0.15) is 0 Å². The van der Waals surface area contributed by atoms with Gasteiger partial charge in [0.1, 0.15) is 0 Å². The van der Waals surface area contributed by atoms with Crippen molar-refractivity contribution in [2.24, 2.45) is 11.3 Å². The first-order chi connectivity index (χ1) is 11.9. The van der Waals surface area contributed by atoms with Crippen LogP contribution in [0.15, 0.2) is 84.0 Å². The highest BCUT2D eigenvalue weighted by Crippen LogP contribution is 2.54. The van der Waals surface area contributed by atoms with E-state index in [1.54, 1.807) is 0 Å². The fraction of sp³-hybridized carbons (Fsp3) is 0.360. The predicted molar refractivity (Wildman–Crippen MR) is 109 cm³/mol. The molecule has 0 saturated carbocycles. The van der Waals surface area contributed by atoms with Crippen LogP contribution in [0.5, 0.6) is 0 Å². The summed E-state index contributed by atoms with van der Waals surface area (Å²) >= 11 is 0. The van der Waals surface area contributed by atoms with Gasteiger partial charge in [0.15, 0.2) is 0 Å². The second-order valence-electron chi connectivity index (χ2n) is 8.46. The van der Waals surface area contributed by atoms with Gasteiger partial charge in [0.25, 0.3) is 0 Å². The van der Waals surface area contributed by atoms with Crippen LogP contribution in [-0.4, -0.2) is 0 Å².